The third kappa shape index (κ3) is 6.27. The van der Waals surface area contributed by atoms with Crippen LogP contribution in [0.3, 0.4) is 0 Å². The molecule has 3 aromatic rings. The minimum absolute atomic E-state index is 0.0189. The molecule has 0 aromatic heterocycles. The number of benzene rings is 3. The average molecular weight is 546 g/mol. The van der Waals surface area contributed by atoms with Crippen LogP contribution < -0.4 is 4.74 Å². The molecule has 5 rings (SSSR count). The Morgan fingerprint density at radius 1 is 0.919 bits per heavy atom. The quantitative estimate of drug-likeness (QED) is 0.301. The minimum atomic E-state index is -4.40. The van der Waals surface area contributed by atoms with Crippen molar-refractivity contribution >= 4 is 29.3 Å². The molecular weight excluding hydrogens is 519 g/mol. The maximum atomic E-state index is 13.4. The van der Waals surface area contributed by atoms with Crippen LogP contribution in [-0.2, 0) is 17.7 Å². The smallest absolute Gasteiger partial charge is 0.416 e. The summed E-state index contributed by atoms with van der Waals surface area (Å²) in [4.78, 5) is 15.3. The number of fused-ring (bicyclic) bond motifs is 2. The van der Waals surface area contributed by atoms with E-state index in [9.17, 15) is 18.0 Å². The number of nitrogens with zero attached hydrogens (tertiary/aromatic N) is 1. The average Bonchev–Trinajstić information content (AvgIpc) is 3.15. The summed E-state index contributed by atoms with van der Waals surface area (Å²) in [7, 11) is 0. The lowest BCUT2D eigenvalue weighted by Gasteiger charge is -2.39. The Hall–Kier alpha value is -2.64. The molecule has 3 aromatic carbocycles. The van der Waals surface area contributed by atoms with Crippen molar-refractivity contribution in [1.82, 2.24) is 4.90 Å². The molecule has 0 spiro atoms. The summed E-state index contributed by atoms with van der Waals surface area (Å²) in [5.41, 5.74) is 2.33. The van der Waals surface area contributed by atoms with Gasteiger partial charge in [0, 0.05) is 47.0 Å². The lowest BCUT2D eigenvalue weighted by molar-refractivity contribution is -0.137. The van der Waals surface area contributed by atoms with Crippen molar-refractivity contribution in [1.29, 1.82) is 0 Å². The van der Waals surface area contributed by atoms with E-state index in [4.69, 9.17) is 16.3 Å². The number of alkyl halides is 3. The Bertz CT molecular complexity index is 1220. The molecule has 2 bridgehead atoms. The van der Waals surface area contributed by atoms with E-state index >= 15 is 0 Å². The minimum Gasteiger partial charge on any atom is -0.490 e. The van der Waals surface area contributed by atoms with Crippen molar-refractivity contribution in [3.8, 4) is 5.75 Å². The fraction of sp³-hybridized carbons (Fsp3) is 0.345. The van der Waals surface area contributed by atoms with Crippen molar-refractivity contribution in [2.45, 2.75) is 61.6 Å². The Balaban J connectivity index is 1.16. The first kappa shape index (κ1) is 26.0. The Morgan fingerprint density at radius 3 is 2.11 bits per heavy atom. The molecule has 2 saturated heterocycles. The van der Waals surface area contributed by atoms with E-state index < -0.39 is 11.7 Å². The maximum absolute atomic E-state index is 13.4. The van der Waals surface area contributed by atoms with Crippen LogP contribution in [0, 0.1) is 0 Å². The first-order chi connectivity index (χ1) is 17.8. The van der Waals surface area contributed by atoms with Crippen molar-refractivity contribution in [2.75, 3.05) is 0 Å². The molecule has 2 heterocycles. The molecule has 2 aliphatic heterocycles. The first-order valence-corrected chi connectivity index (χ1v) is 13.9. The topological polar surface area (TPSA) is 29.5 Å². The third-order valence-corrected chi connectivity index (χ3v) is 8.37. The van der Waals surface area contributed by atoms with Crippen LogP contribution in [-0.4, -0.2) is 29.0 Å². The second-order valence-corrected chi connectivity index (χ2v) is 11.1. The zero-order chi connectivity index (χ0) is 26.0. The highest BCUT2D eigenvalue weighted by Crippen LogP contribution is 2.39. The molecule has 0 aliphatic carbocycles. The highest BCUT2D eigenvalue weighted by molar-refractivity contribution is 7.97. The van der Waals surface area contributed by atoms with Gasteiger partial charge >= 0.3 is 6.18 Å². The molecule has 2 atom stereocenters. The van der Waals surface area contributed by atoms with E-state index in [1.807, 2.05) is 53.4 Å². The van der Waals surface area contributed by atoms with Crippen LogP contribution in [0.5, 0.6) is 5.75 Å². The summed E-state index contributed by atoms with van der Waals surface area (Å²) < 4.78 is 45.1. The van der Waals surface area contributed by atoms with Gasteiger partial charge in [0.25, 0.3) is 5.91 Å². The van der Waals surface area contributed by atoms with Gasteiger partial charge in [-0.1, -0.05) is 41.9 Å². The van der Waals surface area contributed by atoms with Crippen LogP contribution in [0.15, 0.2) is 72.8 Å². The maximum Gasteiger partial charge on any atom is 0.416 e. The molecule has 3 nitrogen and oxygen atoms in total. The molecule has 2 aliphatic rings. The van der Waals surface area contributed by atoms with E-state index in [0.717, 1.165) is 47.1 Å². The largest absolute Gasteiger partial charge is 0.490 e. The second kappa shape index (κ2) is 11.0. The van der Waals surface area contributed by atoms with Crippen molar-refractivity contribution in [3.63, 3.8) is 0 Å². The summed E-state index contributed by atoms with van der Waals surface area (Å²) in [6.45, 7) is 0. The van der Waals surface area contributed by atoms with Gasteiger partial charge in [-0.3, -0.25) is 4.79 Å². The monoisotopic (exact) mass is 545 g/mol. The van der Waals surface area contributed by atoms with Crippen molar-refractivity contribution in [2.24, 2.45) is 0 Å². The second-order valence-electron chi connectivity index (χ2n) is 9.65. The predicted octanol–water partition coefficient (Wildman–Crippen LogP) is 8.01. The lowest BCUT2D eigenvalue weighted by Crippen LogP contribution is -2.49. The Morgan fingerprint density at radius 2 is 1.51 bits per heavy atom. The van der Waals surface area contributed by atoms with Crippen LogP contribution in [0.25, 0.3) is 0 Å². The summed E-state index contributed by atoms with van der Waals surface area (Å²) in [6.07, 6.45) is -1.59. The van der Waals surface area contributed by atoms with E-state index in [1.54, 1.807) is 17.8 Å². The summed E-state index contributed by atoms with van der Waals surface area (Å²) in [6, 6.07) is 20.7. The summed E-state index contributed by atoms with van der Waals surface area (Å²) in [5, 5.41) is 0.731. The van der Waals surface area contributed by atoms with Crippen LogP contribution in [0.2, 0.25) is 5.02 Å². The first-order valence-electron chi connectivity index (χ1n) is 12.3. The summed E-state index contributed by atoms with van der Waals surface area (Å²) in [5.74, 6) is 1.98. The molecule has 0 radical (unpaired) electrons. The number of piperidine rings is 1. The normalized spacial score (nSPS) is 21.2. The fourth-order valence-corrected chi connectivity index (χ4v) is 6.34. The van der Waals surface area contributed by atoms with E-state index in [2.05, 4.69) is 0 Å². The Kier molecular flexibility index (Phi) is 7.72. The predicted molar refractivity (Wildman–Crippen MR) is 141 cm³/mol. The van der Waals surface area contributed by atoms with E-state index in [1.165, 1.54) is 11.6 Å². The number of ether oxygens (including phenoxy) is 1. The number of hydrogen-bond acceptors (Lipinski definition) is 3. The van der Waals surface area contributed by atoms with Gasteiger partial charge in [-0.05, 0) is 66.4 Å². The molecule has 2 fully saturated rings. The van der Waals surface area contributed by atoms with Crippen molar-refractivity contribution < 1.29 is 22.7 Å². The van der Waals surface area contributed by atoms with Crippen LogP contribution >= 0.6 is 23.4 Å². The molecule has 2 unspecified atom stereocenters. The number of halogens is 4. The molecular formula is C29H27ClF3NO2S. The zero-order valence-corrected chi connectivity index (χ0v) is 21.7. The molecule has 1 amide bonds. The lowest BCUT2D eigenvalue weighted by atomic mass is 9.98. The zero-order valence-electron chi connectivity index (χ0n) is 20.1. The number of carbonyl (C=O) groups excluding carboxylic acids is 1. The van der Waals surface area contributed by atoms with Gasteiger partial charge in [0.2, 0.25) is 0 Å². The van der Waals surface area contributed by atoms with Crippen LogP contribution in [0.4, 0.5) is 13.2 Å². The van der Waals surface area contributed by atoms with Gasteiger partial charge in [-0.2, -0.15) is 24.9 Å². The highest BCUT2D eigenvalue weighted by atomic mass is 35.5. The van der Waals surface area contributed by atoms with Gasteiger partial charge in [0.05, 0.1) is 5.56 Å². The number of carbonyl (C=O) groups is 1. The van der Waals surface area contributed by atoms with Gasteiger partial charge in [0.15, 0.2) is 0 Å². The Labute approximate surface area is 224 Å². The SMILES string of the molecule is O=C(c1ccc(CSCc2ccc(Cl)cc2)cc1)N1C2CCC1CC(Oc1cccc(C(F)(F)F)c1)C2. The standard InChI is InChI=1S/C29H27ClF3NO2S/c30-23-10-6-20(7-11-23)18-37-17-19-4-8-21(9-5-19)28(35)34-24-12-13-25(34)16-27(15-24)36-26-3-1-2-22(14-26)29(31,32)33/h1-11,14,24-25,27H,12-13,15-18H2. The molecule has 194 valence electrons. The highest BCUT2D eigenvalue weighted by Gasteiger charge is 2.44. The third-order valence-electron chi connectivity index (χ3n) is 7.04. The summed E-state index contributed by atoms with van der Waals surface area (Å²) >= 11 is 7.75. The number of thioether (sulfide) groups is 1. The van der Waals surface area contributed by atoms with Gasteiger partial charge in [-0.25, -0.2) is 0 Å². The van der Waals surface area contributed by atoms with Gasteiger partial charge < -0.3 is 9.64 Å². The molecule has 0 N–H and O–H groups in total. The van der Waals surface area contributed by atoms with Crippen LogP contribution in [0.1, 0.15) is 52.7 Å². The van der Waals surface area contributed by atoms with E-state index in [-0.39, 0.29) is 29.8 Å². The van der Waals surface area contributed by atoms with E-state index in [0.29, 0.717) is 18.4 Å². The van der Waals surface area contributed by atoms with Crippen molar-refractivity contribution in [3.05, 3.63) is 100 Å². The molecule has 0 saturated carbocycles. The number of rotatable bonds is 7. The van der Waals surface area contributed by atoms with Gasteiger partial charge in [0.1, 0.15) is 11.9 Å². The number of amides is 1. The fourth-order valence-electron chi connectivity index (χ4n) is 5.25. The molecule has 37 heavy (non-hydrogen) atoms. The molecule has 8 heteroatoms. The van der Waals surface area contributed by atoms with Gasteiger partial charge in [-0.15, -0.1) is 0 Å². The number of hydrogen-bond donors (Lipinski definition) is 0.